The third kappa shape index (κ3) is 1.28. The second kappa shape index (κ2) is 3.66. The highest BCUT2D eigenvalue weighted by Gasteiger charge is 2.45. The van der Waals surface area contributed by atoms with Gasteiger partial charge in [0, 0.05) is 11.1 Å². The van der Waals surface area contributed by atoms with Crippen LogP contribution in [0.25, 0.3) is 0 Å². The van der Waals surface area contributed by atoms with Gasteiger partial charge in [-0.3, -0.25) is 9.59 Å². The van der Waals surface area contributed by atoms with E-state index in [2.05, 4.69) is 0 Å². The summed E-state index contributed by atoms with van der Waals surface area (Å²) in [7, 11) is 3.79. The molecule has 1 heterocycles. The van der Waals surface area contributed by atoms with Gasteiger partial charge in [0.15, 0.2) is 0 Å². The van der Waals surface area contributed by atoms with Crippen LogP contribution in [0.3, 0.4) is 0 Å². The van der Waals surface area contributed by atoms with Crippen LogP contribution in [0, 0.1) is 0 Å². The number of hydrogen-bond acceptors (Lipinski definition) is 2. The van der Waals surface area contributed by atoms with E-state index in [0.717, 1.165) is 18.7 Å². The molecule has 0 radical (unpaired) electrons. The fraction of sp³-hybridized carbons (Fsp3) is 0.312. The van der Waals surface area contributed by atoms with Crippen LogP contribution in [0.2, 0.25) is 0 Å². The maximum Gasteiger partial charge on any atom is 0.260 e. The monoisotopic (exact) mass is 267 g/mol. The van der Waals surface area contributed by atoms with Crippen molar-refractivity contribution in [3.05, 3.63) is 52.6 Å². The maximum atomic E-state index is 12.7. The van der Waals surface area contributed by atoms with E-state index in [0.29, 0.717) is 28.4 Å². The Kier molecular flexibility index (Phi) is 2.12. The third-order valence-electron chi connectivity index (χ3n) is 4.37. The van der Waals surface area contributed by atoms with Gasteiger partial charge >= 0.3 is 0 Å². The Morgan fingerprint density at radius 3 is 2.30 bits per heavy atom. The van der Waals surface area contributed by atoms with Crippen LogP contribution in [-0.4, -0.2) is 16.1 Å². The Morgan fingerprint density at radius 2 is 1.70 bits per heavy atom. The van der Waals surface area contributed by atoms with Crippen LogP contribution >= 0.6 is 0 Å². The van der Waals surface area contributed by atoms with Crippen LogP contribution in [0.1, 0.15) is 56.7 Å². The molecule has 0 spiro atoms. The molecule has 100 valence electrons. The lowest BCUT2D eigenvalue weighted by Gasteiger charge is -2.11. The SMILES string of the molecule is Cn1c2c([n+](C)c1C1CC1)C(=O)c1ccccc1C2=O. The van der Waals surface area contributed by atoms with Crippen molar-refractivity contribution in [3.8, 4) is 0 Å². The summed E-state index contributed by atoms with van der Waals surface area (Å²) in [5.74, 6) is 1.49. The van der Waals surface area contributed by atoms with Gasteiger partial charge in [0.2, 0.25) is 23.0 Å². The Labute approximate surface area is 116 Å². The number of carbonyl (C=O) groups excluding carboxylic acids is 2. The van der Waals surface area contributed by atoms with Crippen molar-refractivity contribution < 1.29 is 14.2 Å². The second-order valence-electron chi connectivity index (χ2n) is 5.65. The molecule has 2 aromatic rings. The van der Waals surface area contributed by atoms with Gasteiger partial charge in [0.05, 0.1) is 20.0 Å². The number of hydrogen-bond donors (Lipinski definition) is 0. The van der Waals surface area contributed by atoms with E-state index in [9.17, 15) is 9.59 Å². The van der Waals surface area contributed by atoms with E-state index in [4.69, 9.17) is 0 Å². The number of imidazole rings is 1. The lowest BCUT2D eigenvalue weighted by Crippen LogP contribution is -2.40. The van der Waals surface area contributed by atoms with E-state index < -0.39 is 0 Å². The fourth-order valence-corrected chi connectivity index (χ4v) is 3.32. The lowest BCUT2D eigenvalue weighted by atomic mass is 9.90. The molecule has 2 aliphatic rings. The van der Waals surface area contributed by atoms with Gasteiger partial charge in [-0.1, -0.05) is 24.3 Å². The first-order valence-electron chi connectivity index (χ1n) is 6.88. The molecule has 4 heteroatoms. The molecule has 0 saturated heterocycles. The molecule has 0 N–H and O–H groups in total. The van der Waals surface area contributed by atoms with Crippen molar-refractivity contribution in [1.29, 1.82) is 0 Å². The zero-order chi connectivity index (χ0) is 14.0. The summed E-state index contributed by atoms with van der Waals surface area (Å²) in [6.07, 6.45) is 2.28. The van der Waals surface area contributed by atoms with Gasteiger partial charge < -0.3 is 0 Å². The first-order valence-corrected chi connectivity index (χ1v) is 6.88. The minimum atomic E-state index is -0.0415. The quantitative estimate of drug-likeness (QED) is 0.627. The molecule has 1 fully saturated rings. The normalized spacial score (nSPS) is 17.1. The summed E-state index contributed by atoms with van der Waals surface area (Å²) >= 11 is 0. The molecule has 0 atom stereocenters. The van der Waals surface area contributed by atoms with E-state index in [1.807, 2.05) is 23.2 Å². The van der Waals surface area contributed by atoms with Crippen LogP contribution in [-0.2, 0) is 14.1 Å². The Hall–Kier alpha value is -2.23. The molecule has 1 saturated carbocycles. The highest BCUT2D eigenvalue weighted by atomic mass is 16.1. The molecule has 2 aliphatic carbocycles. The number of carbonyl (C=O) groups is 2. The molecule has 4 nitrogen and oxygen atoms in total. The molecule has 0 amide bonds. The average Bonchev–Trinajstić information content (AvgIpc) is 3.23. The molecule has 20 heavy (non-hydrogen) atoms. The number of benzene rings is 1. The zero-order valence-electron chi connectivity index (χ0n) is 11.5. The summed E-state index contributed by atoms with van der Waals surface area (Å²) in [5.41, 5.74) is 2.12. The van der Waals surface area contributed by atoms with Crippen molar-refractivity contribution in [2.24, 2.45) is 14.1 Å². The van der Waals surface area contributed by atoms with Gasteiger partial charge in [-0.25, -0.2) is 9.13 Å². The Balaban J connectivity index is 2.05. The van der Waals surface area contributed by atoms with E-state index in [1.54, 1.807) is 24.3 Å². The largest absolute Gasteiger partial charge is 0.284 e. The maximum absolute atomic E-state index is 12.7. The Bertz CT molecular complexity index is 724. The molecule has 0 bridgehead atoms. The van der Waals surface area contributed by atoms with Gasteiger partial charge in [-0.05, 0) is 12.8 Å². The summed E-state index contributed by atoms with van der Waals surface area (Å²) in [6.45, 7) is 0. The van der Waals surface area contributed by atoms with Crippen molar-refractivity contribution in [2.45, 2.75) is 18.8 Å². The first kappa shape index (κ1) is 11.6. The van der Waals surface area contributed by atoms with Crippen molar-refractivity contribution in [1.82, 2.24) is 4.57 Å². The van der Waals surface area contributed by atoms with Crippen LogP contribution in [0.5, 0.6) is 0 Å². The molecular weight excluding hydrogens is 252 g/mol. The topological polar surface area (TPSA) is 43.0 Å². The highest BCUT2D eigenvalue weighted by Crippen LogP contribution is 2.40. The van der Waals surface area contributed by atoms with E-state index in [-0.39, 0.29) is 11.6 Å². The third-order valence-corrected chi connectivity index (χ3v) is 4.37. The summed E-state index contributed by atoms with van der Waals surface area (Å²) < 4.78 is 3.84. The van der Waals surface area contributed by atoms with Gasteiger partial charge in [0.1, 0.15) is 0 Å². The number of ketones is 2. The molecule has 0 aliphatic heterocycles. The standard InChI is InChI=1S/C16H15N2O2/c1-17-12-13(18(2)16(17)9-7-8-9)15(20)11-6-4-3-5-10(11)14(12)19/h3-6,9H,7-8H2,1-2H3/q+1. The smallest absolute Gasteiger partial charge is 0.260 e. The predicted octanol–water partition coefficient (Wildman–Crippen LogP) is 1.50. The summed E-state index contributed by atoms with van der Waals surface area (Å²) in [4.78, 5) is 25.4. The van der Waals surface area contributed by atoms with Crippen LogP contribution in [0.4, 0.5) is 0 Å². The molecule has 1 aromatic heterocycles. The molecule has 4 rings (SSSR count). The molecule has 1 aromatic carbocycles. The second-order valence-corrected chi connectivity index (χ2v) is 5.65. The van der Waals surface area contributed by atoms with E-state index in [1.165, 1.54) is 0 Å². The molecular formula is C16H15N2O2+. The van der Waals surface area contributed by atoms with Crippen molar-refractivity contribution in [3.63, 3.8) is 0 Å². The summed E-state index contributed by atoms with van der Waals surface area (Å²) in [5, 5.41) is 0. The van der Waals surface area contributed by atoms with Crippen LogP contribution in [0.15, 0.2) is 24.3 Å². The predicted molar refractivity (Wildman–Crippen MR) is 71.9 cm³/mol. The lowest BCUT2D eigenvalue weighted by molar-refractivity contribution is -0.680. The van der Waals surface area contributed by atoms with Crippen LogP contribution < -0.4 is 4.57 Å². The first-order chi connectivity index (χ1) is 9.61. The van der Waals surface area contributed by atoms with E-state index >= 15 is 0 Å². The number of nitrogens with zero attached hydrogens (tertiary/aromatic N) is 2. The fourth-order valence-electron chi connectivity index (χ4n) is 3.32. The highest BCUT2D eigenvalue weighted by molar-refractivity contribution is 6.26. The number of aromatic nitrogens is 2. The van der Waals surface area contributed by atoms with Crippen molar-refractivity contribution in [2.75, 3.05) is 0 Å². The van der Waals surface area contributed by atoms with Gasteiger partial charge in [-0.15, -0.1) is 0 Å². The zero-order valence-corrected chi connectivity index (χ0v) is 11.5. The summed E-state index contributed by atoms with van der Waals surface area (Å²) in [6, 6.07) is 7.09. The number of rotatable bonds is 1. The van der Waals surface area contributed by atoms with Crippen molar-refractivity contribution >= 4 is 11.6 Å². The number of fused-ring (bicyclic) bond motifs is 2. The Morgan fingerprint density at radius 1 is 1.10 bits per heavy atom. The van der Waals surface area contributed by atoms with Gasteiger partial charge in [0.25, 0.3) is 5.82 Å². The average molecular weight is 267 g/mol. The molecule has 0 unspecified atom stereocenters. The van der Waals surface area contributed by atoms with Gasteiger partial charge in [-0.2, -0.15) is 0 Å². The minimum Gasteiger partial charge on any atom is -0.284 e. The minimum absolute atomic E-state index is 0.0415.